The van der Waals surface area contributed by atoms with E-state index in [1.807, 2.05) is 37.4 Å². The number of rotatable bonds is 4. The van der Waals surface area contributed by atoms with Crippen LogP contribution in [-0.4, -0.2) is 10.1 Å². The summed E-state index contributed by atoms with van der Waals surface area (Å²) < 4.78 is 0.941. The van der Waals surface area contributed by atoms with Gasteiger partial charge < -0.3 is 5.11 Å². The summed E-state index contributed by atoms with van der Waals surface area (Å²) in [7, 11) is 0. The third-order valence-electron chi connectivity index (χ3n) is 3.21. The second kappa shape index (κ2) is 6.31. The molecule has 0 bridgehead atoms. The van der Waals surface area contributed by atoms with Crippen LogP contribution in [0.25, 0.3) is 0 Å². The van der Waals surface area contributed by atoms with E-state index in [0.29, 0.717) is 6.42 Å². The van der Waals surface area contributed by atoms with E-state index in [0.717, 1.165) is 27.7 Å². The maximum Gasteiger partial charge on any atom is 0.0856 e. The Labute approximate surface area is 122 Å². The van der Waals surface area contributed by atoms with Gasteiger partial charge in [0.25, 0.3) is 0 Å². The predicted molar refractivity (Wildman–Crippen MR) is 81.2 cm³/mol. The van der Waals surface area contributed by atoms with Crippen LogP contribution in [0.4, 0.5) is 0 Å². The van der Waals surface area contributed by atoms with Gasteiger partial charge in [0.15, 0.2) is 0 Å². The highest BCUT2D eigenvalue weighted by molar-refractivity contribution is 9.10. The molecular formula is C16H18BrNO. The molecule has 0 aliphatic carbocycles. The van der Waals surface area contributed by atoms with E-state index in [2.05, 4.69) is 33.9 Å². The monoisotopic (exact) mass is 319 g/mol. The Balaban J connectivity index is 2.15. The molecule has 0 radical (unpaired) electrons. The van der Waals surface area contributed by atoms with Gasteiger partial charge >= 0.3 is 0 Å². The van der Waals surface area contributed by atoms with Crippen LogP contribution in [0.3, 0.4) is 0 Å². The van der Waals surface area contributed by atoms with Crippen molar-refractivity contribution in [2.24, 2.45) is 0 Å². The molecule has 2 nitrogen and oxygen atoms in total. The maximum absolute atomic E-state index is 10.3. The molecule has 1 atom stereocenters. The number of nitrogens with zero attached hydrogens (tertiary/aromatic N) is 1. The molecule has 100 valence electrons. The zero-order valence-corrected chi connectivity index (χ0v) is 12.8. The average molecular weight is 320 g/mol. The van der Waals surface area contributed by atoms with Crippen molar-refractivity contribution >= 4 is 15.9 Å². The van der Waals surface area contributed by atoms with Crippen molar-refractivity contribution in [3.8, 4) is 0 Å². The second-order valence-electron chi connectivity index (χ2n) is 4.76. The van der Waals surface area contributed by atoms with Crippen molar-refractivity contribution in [3.05, 3.63) is 63.4 Å². The molecule has 3 heteroatoms. The molecule has 1 aromatic carbocycles. The van der Waals surface area contributed by atoms with E-state index < -0.39 is 6.10 Å². The summed E-state index contributed by atoms with van der Waals surface area (Å²) in [4.78, 5) is 4.39. The number of halogens is 1. The molecule has 0 amide bonds. The average Bonchev–Trinajstić information content (AvgIpc) is 2.42. The highest BCUT2D eigenvalue weighted by atomic mass is 79.9. The van der Waals surface area contributed by atoms with E-state index >= 15 is 0 Å². The van der Waals surface area contributed by atoms with Gasteiger partial charge in [-0.2, -0.15) is 0 Å². The summed E-state index contributed by atoms with van der Waals surface area (Å²) in [6.07, 6.45) is 2.87. The summed E-state index contributed by atoms with van der Waals surface area (Å²) >= 11 is 3.49. The quantitative estimate of drug-likeness (QED) is 0.924. The number of aromatic nitrogens is 1. The Morgan fingerprint density at radius 2 is 2.05 bits per heavy atom. The van der Waals surface area contributed by atoms with Crippen LogP contribution in [0.1, 0.15) is 35.4 Å². The highest BCUT2D eigenvalue weighted by Crippen LogP contribution is 2.26. The molecule has 1 N–H and O–H groups in total. The molecule has 0 spiro atoms. The van der Waals surface area contributed by atoms with Gasteiger partial charge in [-0.3, -0.25) is 4.98 Å². The Morgan fingerprint density at radius 1 is 1.26 bits per heavy atom. The highest BCUT2D eigenvalue weighted by Gasteiger charge is 2.13. The van der Waals surface area contributed by atoms with Gasteiger partial charge in [0, 0.05) is 22.8 Å². The lowest BCUT2D eigenvalue weighted by molar-refractivity contribution is 0.176. The minimum atomic E-state index is -0.533. The fourth-order valence-corrected chi connectivity index (χ4v) is 2.52. The normalized spacial score (nSPS) is 12.4. The zero-order chi connectivity index (χ0) is 13.8. The Kier molecular flexibility index (Phi) is 4.72. The predicted octanol–water partition coefficient (Wildman–Crippen LogP) is 3.99. The largest absolute Gasteiger partial charge is 0.388 e. The van der Waals surface area contributed by atoms with E-state index in [4.69, 9.17) is 0 Å². The first-order chi connectivity index (χ1) is 9.10. The lowest BCUT2D eigenvalue weighted by atomic mass is 10.0. The van der Waals surface area contributed by atoms with Crippen molar-refractivity contribution in [2.45, 2.75) is 32.8 Å². The third-order valence-corrected chi connectivity index (χ3v) is 3.93. The first-order valence-electron chi connectivity index (χ1n) is 6.48. The van der Waals surface area contributed by atoms with Crippen LogP contribution in [-0.2, 0) is 12.8 Å². The van der Waals surface area contributed by atoms with Gasteiger partial charge in [-0.1, -0.05) is 46.6 Å². The Bertz CT molecular complexity index is 551. The minimum Gasteiger partial charge on any atom is -0.388 e. The number of aliphatic hydroxyl groups is 1. The summed E-state index contributed by atoms with van der Waals surface area (Å²) in [5, 5.41) is 10.3. The topological polar surface area (TPSA) is 33.1 Å². The zero-order valence-electron chi connectivity index (χ0n) is 11.2. The summed E-state index contributed by atoms with van der Waals surface area (Å²) in [5.41, 5.74) is 4.20. The van der Waals surface area contributed by atoms with Crippen LogP contribution in [0.15, 0.2) is 41.0 Å². The Morgan fingerprint density at radius 3 is 2.68 bits per heavy atom. The molecule has 1 unspecified atom stereocenters. The van der Waals surface area contributed by atoms with Crippen molar-refractivity contribution in [1.82, 2.24) is 4.98 Å². The fourth-order valence-electron chi connectivity index (χ4n) is 2.01. The van der Waals surface area contributed by atoms with Gasteiger partial charge in [-0.25, -0.2) is 0 Å². The molecule has 2 aromatic rings. The van der Waals surface area contributed by atoms with E-state index in [1.54, 1.807) is 0 Å². The number of pyridine rings is 1. The molecule has 2 rings (SSSR count). The summed E-state index contributed by atoms with van der Waals surface area (Å²) in [6.45, 7) is 4.13. The first kappa shape index (κ1) is 14.2. The van der Waals surface area contributed by atoms with Crippen LogP contribution in [0, 0.1) is 6.92 Å². The molecule has 1 aromatic heterocycles. The number of aliphatic hydroxyl groups excluding tert-OH is 1. The lowest BCUT2D eigenvalue weighted by Gasteiger charge is -2.13. The number of hydrogen-bond donors (Lipinski definition) is 1. The molecule has 1 heterocycles. The van der Waals surface area contributed by atoms with E-state index in [9.17, 15) is 5.11 Å². The molecule has 0 saturated carbocycles. The number of aryl methyl sites for hydroxylation is 2. The van der Waals surface area contributed by atoms with Crippen molar-refractivity contribution in [1.29, 1.82) is 0 Å². The van der Waals surface area contributed by atoms with Crippen molar-refractivity contribution in [3.63, 3.8) is 0 Å². The van der Waals surface area contributed by atoms with Gasteiger partial charge in [-0.05, 0) is 36.6 Å². The van der Waals surface area contributed by atoms with Crippen molar-refractivity contribution in [2.75, 3.05) is 0 Å². The Hall–Kier alpha value is -1.19. The van der Waals surface area contributed by atoms with Crippen LogP contribution >= 0.6 is 15.9 Å². The number of hydrogen-bond acceptors (Lipinski definition) is 2. The summed E-state index contributed by atoms with van der Waals surface area (Å²) in [6, 6.07) is 10.1. The van der Waals surface area contributed by atoms with Gasteiger partial charge in [0.1, 0.15) is 0 Å². The van der Waals surface area contributed by atoms with Gasteiger partial charge in [0.2, 0.25) is 0 Å². The molecule has 0 aliphatic rings. The fraction of sp³-hybridized carbons (Fsp3) is 0.312. The molecule has 0 aliphatic heterocycles. The van der Waals surface area contributed by atoms with Gasteiger partial charge in [-0.15, -0.1) is 0 Å². The maximum atomic E-state index is 10.3. The lowest BCUT2D eigenvalue weighted by Crippen LogP contribution is -2.04. The van der Waals surface area contributed by atoms with Crippen LogP contribution in [0.2, 0.25) is 0 Å². The standard InChI is InChI=1S/C16H18BrNO/c1-3-12-5-6-13(18-10-12)9-16(19)14-8-11(2)4-7-15(14)17/h4-8,10,16,19H,3,9H2,1-2H3. The summed E-state index contributed by atoms with van der Waals surface area (Å²) in [5.74, 6) is 0. The molecule has 0 saturated heterocycles. The SMILES string of the molecule is CCc1ccc(CC(O)c2cc(C)ccc2Br)nc1. The van der Waals surface area contributed by atoms with E-state index in [-0.39, 0.29) is 0 Å². The molecule has 0 fully saturated rings. The van der Waals surface area contributed by atoms with Crippen LogP contribution < -0.4 is 0 Å². The van der Waals surface area contributed by atoms with Crippen LogP contribution in [0.5, 0.6) is 0 Å². The second-order valence-corrected chi connectivity index (χ2v) is 5.61. The minimum absolute atomic E-state index is 0.533. The van der Waals surface area contributed by atoms with Gasteiger partial charge in [0.05, 0.1) is 6.10 Å². The smallest absolute Gasteiger partial charge is 0.0856 e. The molecular weight excluding hydrogens is 302 g/mol. The molecule has 19 heavy (non-hydrogen) atoms. The number of benzene rings is 1. The van der Waals surface area contributed by atoms with E-state index in [1.165, 1.54) is 5.56 Å². The van der Waals surface area contributed by atoms with Crippen molar-refractivity contribution < 1.29 is 5.11 Å². The third kappa shape index (κ3) is 3.64. The first-order valence-corrected chi connectivity index (χ1v) is 7.27.